The van der Waals surface area contributed by atoms with Crippen LogP contribution in [0.25, 0.3) is 0 Å². The lowest BCUT2D eigenvalue weighted by Gasteiger charge is -2.37. The number of benzene rings is 2. The van der Waals surface area contributed by atoms with Gasteiger partial charge in [0.15, 0.2) is 0 Å². The molecule has 1 aliphatic heterocycles. The van der Waals surface area contributed by atoms with Crippen molar-refractivity contribution in [3.05, 3.63) is 62.9 Å². The van der Waals surface area contributed by atoms with Crippen molar-refractivity contribution < 1.29 is 18.8 Å². The van der Waals surface area contributed by atoms with Gasteiger partial charge in [0, 0.05) is 49.9 Å². The molecule has 8 nitrogen and oxygen atoms in total. The second-order valence-electron chi connectivity index (χ2n) is 7.35. The van der Waals surface area contributed by atoms with Crippen LogP contribution in [-0.2, 0) is 11.3 Å². The van der Waals surface area contributed by atoms with Crippen molar-refractivity contribution in [2.75, 3.05) is 38.6 Å². The number of halogens is 2. The number of amides is 1. The predicted molar refractivity (Wildman–Crippen MR) is 116 cm³/mol. The topological polar surface area (TPSA) is 87.9 Å². The molecule has 1 aliphatic rings. The Hall–Kier alpha value is -2.75. The number of methoxy groups -OCH3 is 1. The van der Waals surface area contributed by atoms with E-state index in [1.165, 1.54) is 37.4 Å². The molecule has 0 aromatic heterocycles. The van der Waals surface area contributed by atoms with E-state index < -0.39 is 11.0 Å². The SMILES string of the molecule is COc1ccc([N+](=O)[O-])cc1NC(=O)C(C)N1CCN(Cc2ccc(F)cc2Cl)CC1. The monoisotopic (exact) mass is 450 g/mol. The van der Waals surface area contributed by atoms with Crippen LogP contribution in [0.2, 0.25) is 5.02 Å². The van der Waals surface area contributed by atoms with Gasteiger partial charge in [-0.05, 0) is 30.7 Å². The summed E-state index contributed by atoms with van der Waals surface area (Å²) in [5.41, 5.74) is 0.995. The van der Waals surface area contributed by atoms with Gasteiger partial charge in [0.1, 0.15) is 11.6 Å². The summed E-state index contributed by atoms with van der Waals surface area (Å²) in [4.78, 5) is 27.5. The number of nitrogens with one attached hydrogen (secondary N) is 1. The van der Waals surface area contributed by atoms with Crippen LogP contribution in [0, 0.1) is 15.9 Å². The fraction of sp³-hybridized carbons (Fsp3) is 0.381. The van der Waals surface area contributed by atoms with Crippen LogP contribution in [0.4, 0.5) is 15.8 Å². The maximum absolute atomic E-state index is 13.2. The summed E-state index contributed by atoms with van der Waals surface area (Å²) in [6.45, 7) is 5.19. The summed E-state index contributed by atoms with van der Waals surface area (Å²) < 4.78 is 18.4. The van der Waals surface area contributed by atoms with E-state index in [2.05, 4.69) is 10.2 Å². The number of hydrogen-bond donors (Lipinski definition) is 1. The third-order valence-electron chi connectivity index (χ3n) is 5.39. The number of rotatable bonds is 7. The Labute approximate surface area is 184 Å². The van der Waals surface area contributed by atoms with E-state index in [-0.39, 0.29) is 23.1 Å². The number of ether oxygens (including phenoxy) is 1. The summed E-state index contributed by atoms with van der Waals surface area (Å²) in [7, 11) is 1.44. The van der Waals surface area contributed by atoms with E-state index in [4.69, 9.17) is 16.3 Å². The van der Waals surface area contributed by atoms with Crippen LogP contribution in [0.5, 0.6) is 5.75 Å². The normalized spacial score (nSPS) is 16.0. The number of non-ortho nitro benzene ring substituents is 1. The molecule has 31 heavy (non-hydrogen) atoms. The summed E-state index contributed by atoms with van der Waals surface area (Å²) in [6.07, 6.45) is 0. The summed E-state index contributed by atoms with van der Waals surface area (Å²) in [5.74, 6) is -0.278. The lowest BCUT2D eigenvalue weighted by Crippen LogP contribution is -2.52. The number of piperazine rings is 1. The van der Waals surface area contributed by atoms with Crippen molar-refractivity contribution in [2.45, 2.75) is 19.5 Å². The Morgan fingerprint density at radius 2 is 1.97 bits per heavy atom. The van der Waals surface area contributed by atoms with Gasteiger partial charge in [0.2, 0.25) is 5.91 Å². The molecule has 1 N–H and O–H groups in total. The van der Waals surface area contributed by atoms with E-state index in [9.17, 15) is 19.3 Å². The number of carbonyl (C=O) groups excluding carboxylic acids is 1. The summed E-state index contributed by atoms with van der Waals surface area (Å²) in [5, 5.41) is 14.2. The van der Waals surface area contributed by atoms with Gasteiger partial charge in [0.25, 0.3) is 5.69 Å². The van der Waals surface area contributed by atoms with E-state index in [0.29, 0.717) is 30.4 Å². The molecule has 1 atom stereocenters. The number of hydrogen-bond acceptors (Lipinski definition) is 6. The Morgan fingerprint density at radius 1 is 1.26 bits per heavy atom. The molecule has 1 fully saturated rings. The number of nitro benzene ring substituents is 1. The predicted octanol–water partition coefficient (Wildman–Crippen LogP) is 3.54. The first-order valence-corrected chi connectivity index (χ1v) is 10.2. The van der Waals surface area contributed by atoms with Gasteiger partial charge in [-0.25, -0.2) is 4.39 Å². The molecule has 0 bridgehead atoms. The molecule has 1 heterocycles. The fourth-order valence-corrected chi connectivity index (χ4v) is 3.74. The van der Waals surface area contributed by atoms with E-state index in [1.54, 1.807) is 13.0 Å². The van der Waals surface area contributed by atoms with Crippen LogP contribution in [-0.4, -0.2) is 60.0 Å². The van der Waals surface area contributed by atoms with Crippen LogP contribution >= 0.6 is 11.6 Å². The van der Waals surface area contributed by atoms with Crippen LogP contribution in [0.1, 0.15) is 12.5 Å². The zero-order valence-corrected chi connectivity index (χ0v) is 18.1. The molecule has 10 heteroatoms. The smallest absolute Gasteiger partial charge is 0.271 e. The first kappa shape index (κ1) is 22.9. The van der Waals surface area contributed by atoms with Gasteiger partial charge < -0.3 is 10.1 Å². The fourth-order valence-electron chi connectivity index (χ4n) is 3.51. The highest BCUT2D eigenvalue weighted by Crippen LogP contribution is 2.29. The maximum atomic E-state index is 13.2. The average molecular weight is 451 g/mol. The molecule has 1 unspecified atom stereocenters. The van der Waals surface area contributed by atoms with Crippen molar-refractivity contribution >= 4 is 28.9 Å². The lowest BCUT2D eigenvalue weighted by molar-refractivity contribution is -0.384. The van der Waals surface area contributed by atoms with Gasteiger partial charge in [-0.1, -0.05) is 17.7 Å². The van der Waals surface area contributed by atoms with Crippen molar-refractivity contribution in [3.63, 3.8) is 0 Å². The standard InChI is InChI=1S/C21H24ClFN4O4/c1-14(21(28)24-19-12-17(27(29)30)5-6-20(19)31-2)26-9-7-25(8-10-26)13-15-3-4-16(23)11-18(15)22/h3-6,11-12,14H,7-10,13H2,1-2H3,(H,24,28). The first-order chi connectivity index (χ1) is 14.8. The number of nitro groups is 1. The zero-order chi connectivity index (χ0) is 22.5. The molecular formula is C21H24ClFN4O4. The maximum Gasteiger partial charge on any atom is 0.271 e. The Morgan fingerprint density at radius 3 is 2.58 bits per heavy atom. The molecular weight excluding hydrogens is 427 g/mol. The largest absolute Gasteiger partial charge is 0.495 e. The van der Waals surface area contributed by atoms with E-state index in [0.717, 1.165) is 18.7 Å². The van der Waals surface area contributed by atoms with Gasteiger partial charge in [-0.15, -0.1) is 0 Å². The minimum absolute atomic E-state index is 0.128. The first-order valence-electron chi connectivity index (χ1n) is 9.82. The third-order valence-corrected chi connectivity index (χ3v) is 5.75. The molecule has 3 rings (SSSR count). The quantitative estimate of drug-likeness (QED) is 0.512. The second-order valence-corrected chi connectivity index (χ2v) is 7.76. The molecule has 1 saturated heterocycles. The minimum atomic E-state index is -0.523. The molecule has 1 amide bonds. The highest BCUT2D eigenvalue weighted by molar-refractivity contribution is 6.31. The van der Waals surface area contributed by atoms with Crippen molar-refractivity contribution in [2.24, 2.45) is 0 Å². The van der Waals surface area contributed by atoms with Gasteiger partial charge in [-0.2, -0.15) is 0 Å². The van der Waals surface area contributed by atoms with Crippen molar-refractivity contribution in [3.8, 4) is 5.75 Å². The Kier molecular flexibility index (Phi) is 7.42. The molecule has 166 valence electrons. The number of carbonyl (C=O) groups is 1. The van der Waals surface area contributed by atoms with Gasteiger partial charge >= 0.3 is 0 Å². The second kappa shape index (κ2) is 10.0. The Balaban J connectivity index is 1.58. The average Bonchev–Trinajstić information content (AvgIpc) is 2.75. The molecule has 2 aromatic rings. The van der Waals surface area contributed by atoms with Gasteiger partial charge in [0.05, 0.1) is 23.8 Å². The molecule has 0 spiro atoms. The summed E-state index contributed by atoms with van der Waals surface area (Å²) >= 11 is 6.12. The zero-order valence-electron chi connectivity index (χ0n) is 17.3. The lowest BCUT2D eigenvalue weighted by atomic mass is 10.1. The highest BCUT2D eigenvalue weighted by Gasteiger charge is 2.27. The molecule has 0 saturated carbocycles. The highest BCUT2D eigenvalue weighted by atomic mass is 35.5. The van der Waals surface area contributed by atoms with Crippen molar-refractivity contribution in [1.29, 1.82) is 0 Å². The van der Waals surface area contributed by atoms with Gasteiger partial charge in [-0.3, -0.25) is 24.7 Å². The number of nitrogens with zero attached hydrogens (tertiary/aromatic N) is 3. The van der Waals surface area contributed by atoms with E-state index >= 15 is 0 Å². The molecule has 0 aliphatic carbocycles. The Bertz CT molecular complexity index is 966. The summed E-state index contributed by atoms with van der Waals surface area (Å²) in [6, 6.07) is 8.02. The van der Waals surface area contributed by atoms with E-state index in [1.807, 2.05) is 4.90 Å². The number of anilines is 1. The van der Waals surface area contributed by atoms with Crippen LogP contribution in [0.3, 0.4) is 0 Å². The van der Waals surface area contributed by atoms with Crippen LogP contribution < -0.4 is 10.1 Å². The molecule has 2 aromatic carbocycles. The third kappa shape index (κ3) is 5.69. The minimum Gasteiger partial charge on any atom is -0.495 e. The van der Waals surface area contributed by atoms with Crippen molar-refractivity contribution in [1.82, 2.24) is 9.80 Å². The molecule has 0 radical (unpaired) electrons. The van der Waals surface area contributed by atoms with Crippen LogP contribution in [0.15, 0.2) is 36.4 Å².